The summed E-state index contributed by atoms with van der Waals surface area (Å²) < 4.78 is 6.84. The summed E-state index contributed by atoms with van der Waals surface area (Å²) in [4.78, 5) is 11.2. The number of ether oxygens (including phenoxy) is 1. The minimum atomic E-state index is 0.647. The topological polar surface area (TPSA) is 26.3 Å². The Kier molecular flexibility index (Phi) is 12.1. The van der Waals surface area contributed by atoms with E-state index in [-0.39, 0.29) is 0 Å². The largest absolute Gasteiger partial charge is 0.487 e. The minimum Gasteiger partial charge on any atom is -0.487 e. The molecule has 1 aromatic carbocycles. The summed E-state index contributed by atoms with van der Waals surface area (Å²) in [5.74, 6) is 0.703. The molecule has 0 N–H and O–H groups in total. The molecule has 154 valence electrons. The van der Waals surface area contributed by atoms with Gasteiger partial charge in [0.2, 0.25) is 0 Å². The van der Waals surface area contributed by atoms with Crippen LogP contribution in [0, 0.1) is 6.92 Å². The average molecular weight is 377 g/mol. The van der Waals surface area contributed by atoms with Gasteiger partial charge in [-0.1, -0.05) is 69.9 Å². The van der Waals surface area contributed by atoms with Crippen LogP contribution in [0.1, 0.15) is 87.1 Å². The third kappa shape index (κ3) is 11.2. The van der Waals surface area contributed by atoms with E-state index in [2.05, 4.69) is 21.0 Å². The fourth-order valence-electron chi connectivity index (χ4n) is 3.43. The van der Waals surface area contributed by atoms with Crippen LogP contribution in [0.15, 0.2) is 18.2 Å². The van der Waals surface area contributed by atoms with E-state index in [1.165, 1.54) is 70.8 Å². The Bertz CT molecular complexity index is 525. The van der Waals surface area contributed by atoms with Crippen LogP contribution in [0.2, 0.25) is 0 Å². The molecule has 0 aromatic heterocycles. The van der Waals surface area contributed by atoms with Gasteiger partial charge in [0, 0.05) is 0 Å². The molecule has 0 saturated carbocycles. The number of carbonyl (C=O) groups is 1. The van der Waals surface area contributed by atoms with Gasteiger partial charge in [-0.05, 0) is 31.9 Å². The maximum atomic E-state index is 11.2. The number of aryl methyl sites for hydroxylation is 1. The normalized spacial score (nSPS) is 11.6. The van der Waals surface area contributed by atoms with Gasteiger partial charge in [-0.15, -0.1) is 0 Å². The summed E-state index contributed by atoms with van der Waals surface area (Å²) in [6.45, 7) is 7.06. The van der Waals surface area contributed by atoms with Gasteiger partial charge in [0.05, 0.1) is 26.2 Å². The molecule has 1 aromatic rings. The van der Waals surface area contributed by atoms with Gasteiger partial charge >= 0.3 is 0 Å². The molecule has 0 aliphatic rings. The summed E-state index contributed by atoms with van der Waals surface area (Å²) in [6.07, 6.45) is 14.7. The number of quaternary nitrogens is 1. The molecular weight excluding hydrogens is 334 g/mol. The van der Waals surface area contributed by atoms with Crippen LogP contribution in [0.5, 0.6) is 5.75 Å². The Morgan fingerprint density at radius 2 is 1.48 bits per heavy atom. The molecule has 0 radical (unpaired) electrons. The van der Waals surface area contributed by atoms with Crippen molar-refractivity contribution in [2.45, 2.75) is 78.1 Å². The third-order valence-corrected chi connectivity index (χ3v) is 5.36. The van der Waals surface area contributed by atoms with Gasteiger partial charge < -0.3 is 9.22 Å². The van der Waals surface area contributed by atoms with E-state index in [1.54, 1.807) is 0 Å². The quantitative estimate of drug-likeness (QED) is 0.195. The van der Waals surface area contributed by atoms with Crippen molar-refractivity contribution in [3.05, 3.63) is 29.3 Å². The highest BCUT2D eigenvalue weighted by Crippen LogP contribution is 2.18. The van der Waals surface area contributed by atoms with E-state index in [9.17, 15) is 4.79 Å². The molecule has 0 heterocycles. The summed E-state index contributed by atoms with van der Waals surface area (Å²) >= 11 is 0. The van der Waals surface area contributed by atoms with E-state index < -0.39 is 0 Å². The monoisotopic (exact) mass is 376 g/mol. The summed E-state index contributed by atoms with van der Waals surface area (Å²) in [6, 6.07) is 5.78. The second kappa shape index (κ2) is 13.8. The van der Waals surface area contributed by atoms with Crippen LogP contribution in [-0.4, -0.2) is 44.6 Å². The standard InChI is InChI=1S/C24H42NO2/c1-5-6-7-8-9-10-11-12-13-14-17-25(3,4)18-19-27-24-16-15-22(2)20-23(24)21-26/h15-16,20-21H,5-14,17-19H2,1-4H3/q+1. The van der Waals surface area contributed by atoms with Crippen molar-refractivity contribution in [3.8, 4) is 5.75 Å². The number of hydrogen-bond donors (Lipinski definition) is 0. The fraction of sp³-hybridized carbons (Fsp3) is 0.708. The van der Waals surface area contributed by atoms with Gasteiger partial charge in [0.15, 0.2) is 6.29 Å². The zero-order chi connectivity index (χ0) is 20.0. The van der Waals surface area contributed by atoms with Gasteiger partial charge in [-0.25, -0.2) is 0 Å². The van der Waals surface area contributed by atoms with Crippen LogP contribution < -0.4 is 4.74 Å². The third-order valence-electron chi connectivity index (χ3n) is 5.36. The molecule has 0 unspecified atom stereocenters. The lowest BCUT2D eigenvalue weighted by Crippen LogP contribution is -2.43. The molecule has 3 heteroatoms. The maximum absolute atomic E-state index is 11.2. The van der Waals surface area contributed by atoms with Crippen molar-refractivity contribution < 1.29 is 14.0 Å². The highest BCUT2D eigenvalue weighted by molar-refractivity contribution is 5.79. The van der Waals surface area contributed by atoms with Crippen LogP contribution >= 0.6 is 0 Å². The molecule has 0 amide bonds. The van der Waals surface area contributed by atoms with E-state index in [1.807, 2.05) is 25.1 Å². The van der Waals surface area contributed by atoms with Crippen LogP contribution in [0.25, 0.3) is 0 Å². The Balaban J connectivity index is 2.11. The van der Waals surface area contributed by atoms with Crippen LogP contribution in [0.4, 0.5) is 0 Å². The molecular formula is C24H42NO2+. The highest BCUT2D eigenvalue weighted by Gasteiger charge is 2.15. The van der Waals surface area contributed by atoms with Crippen molar-refractivity contribution in [3.63, 3.8) is 0 Å². The molecule has 0 saturated heterocycles. The van der Waals surface area contributed by atoms with Crippen molar-refractivity contribution in [2.75, 3.05) is 33.8 Å². The van der Waals surface area contributed by atoms with Crippen molar-refractivity contribution in [1.82, 2.24) is 0 Å². The maximum Gasteiger partial charge on any atom is 0.153 e. The lowest BCUT2D eigenvalue weighted by atomic mass is 10.1. The Hall–Kier alpha value is -1.35. The number of unbranched alkanes of at least 4 members (excludes halogenated alkanes) is 9. The summed E-state index contributed by atoms with van der Waals surface area (Å²) in [5.41, 5.74) is 1.73. The molecule has 0 bridgehead atoms. The van der Waals surface area contributed by atoms with Gasteiger partial charge in [0.25, 0.3) is 0 Å². The number of carbonyl (C=O) groups excluding carboxylic acids is 1. The number of benzene rings is 1. The second-order valence-corrected chi connectivity index (χ2v) is 8.57. The van der Waals surface area contributed by atoms with Crippen molar-refractivity contribution in [2.24, 2.45) is 0 Å². The molecule has 3 nitrogen and oxygen atoms in total. The number of likely N-dealkylation sites (N-methyl/N-ethyl adjacent to an activating group) is 1. The smallest absolute Gasteiger partial charge is 0.153 e. The van der Waals surface area contributed by atoms with E-state index in [0.29, 0.717) is 17.9 Å². The van der Waals surface area contributed by atoms with Gasteiger partial charge in [-0.3, -0.25) is 4.79 Å². The molecule has 1 rings (SSSR count). The predicted molar refractivity (Wildman–Crippen MR) is 116 cm³/mol. The number of rotatable bonds is 16. The zero-order valence-electron chi connectivity index (χ0n) is 18.3. The van der Waals surface area contributed by atoms with Crippen LogP contribution in [-0.2, 0) is 0 Å². The second-order valence-electron chi connectivity index (χ2n) is 8.57. The molecule has 0 aliphatic heterocycles. The molecule has 0 aliphatic carbocycles. The first kappa shape index (κ1) is 23.7. The first-order valence-electron chi connectivity index (χ1n) is 11.0. The van der Waals surface area contributed by atoms with E-state index in [0.717, 1.165) is 22.9 Å². The van der Waals surface area contributed by atoms with E-state index >= 15 is 0 Å². The minimum absolute atomic E-state index is 0.647. The van der Waals surface area contributed by atoms with E-state index in [4.69, 9.17) is 4.74 Å². The Labute approximate surface area is 167 Å². The fourth-order valence-corrected chi connectivity index (χ4v) is 3.43. The summed E-state index contributed by atoms with van der Waals surface area (Å²) in [5, 5.41) is 0. The van der Waals surface area contributed by atoms with Crippen LogP contribution in [0.3, 0.4) is 0 Å². The summed E-state index contributed by atoms with van der Waals surface area (Å²) in [7, 11) is 4.54. The first-order valence-corrected chi connectivity index (χ1v) is 11.0. The molecule has 0 fully saturated rings. The van der Waals surface area contributed by atoms with Gasteiger partial charge in [0.1, 0.15) is 18.9 Å². The molecule has 0 atom stereocenters. The van der Waals surface area contributed by atoms with Gasteiger partial charge in [-0.2, -0.15) is 0 Å². The Morgan fingerprint density at radius 3 is 2.07 bits per heavy atom. The highest BCUT2D eigenvalue weighted by atomic mass is 16.5. The molecule has 0 spiro atoms. The number of hydrogen-bond acceptors (Lipinski definition) is 2. The Morgan fingerprint density at radius 1 is 0.889 bits per heavy atom. The lowest BCUT2D eigenvalue weighted by Gasteiger charge is -2.29. The lowest BCUT2D eigenvalue weighted by molar-refractivity contribution is -0.890. The zero-order valence-corrected chi connectivity index (χ0v) is 18.3. The van der Waals surface area contributed by atoms with Crippen molar-refractivity contribution >= 4 is 6.29 Å². The predicted octanol–water partition coefficient (Wildman–Crippen LogP) is 6.18. The first-order chi connectivity index (χ1) is 13.0. The number of aldehydes is 1. The molecule has 27 heavy (non-hydrogen) atoms. The SMILES string of the molecule is CCCCCCCCCCCC[N+](C)(C)CCOc1ccc(C)cc1C=O. The van der Waals surface area contributed by atoms with Crippen molar-refractivity contribution in [1.29, 1.82) is 0 Å². The average Bonchev–Trinajstić information content (AvgIpc) is 2.64. The number of nitrogens with zero attached hydrogens (tertiary/aromatic N) is 1.